The van der Waals surface area contributed by atoms with Crippen molar-refractivity contribution in [1.82, 2.24) is 4.98 Å². The molecule has 0 radical (unpaired) electrons. The van der Waals surface area contributed by atoms with Crippen molar-refractivity contribution >= 4 is 29.5 Å². The van der Waals surface area contributed by atoms with Gasteiger partial charge in [-0.05, 0) is 24.5 Å². The van der Waals surface area contributed by atoms with Crippen molar-refractivity contribution in [2.24, 2.45) is 5.73 Å². The van der Waals surface area contributed by atoms with Crippen LogP contribution >= 0.6 is 12.4 Å². The van der Waals surface area contributed by atoms with Crippen molar-refractivity contribution in [2.75, 3.05) is 18.4 Å². The van der Waals surface area contributed by atoms with Gasteiger partial charge in [-0.25, -0.2) is 0 Å². The van der Waals surface area contributed by atoms with Crippen molar-refractivity contribution in [3.8, 4) is 0 Å². The zero-order chi connectivity index (χ0) is 16.3. The number of rotatable bonds is 12. The van der Waals surface area contributed by atoms with Gasteiger partial charge in [0.2, 0.25) is 0 Å². The lowest BCUT2D eigenvalue weighted by Gasteiger charge is -2.03. The van der Waals surface area contributed by atoms with Crippen molar-refractivity contribution in [3.05, 3.63) is 23.8 Å². The Kier molecular flexibility index (Phi) is 10.5. The normalized spacial score (nSPS) is 10.8. The van der Waals surface area contributed by atoms with Crippen LogP contribution in [0.1, 0.15) is 63.9 Å². The monoisotopic (exact) mass is 353 g/mol. The average Bonchev–Trinajstić information content (AvgIpc) is 2.99. The number of halogens is 1. The number of fused-ring (bicyclic) bond motifs is 1. The summed E-state index contributed by atoms with van der Waals surface area (Å²) in [4.78, 5) is 4.57. The second-order valence-electron chi connectivity index (χ2n) is 6.22. The van der Waals surface area contributed by atoms with Crippen molar-refractivity contribution in [3.63, 3.8) is 0 Å². The largest absolute Gasteiger partial charge is 0.424 e. The van der Waals surface area contributed by atoms with E-state index in [1.54, 1.807) is 0 Å². The van der Waals surface area contributed by atoms with Crippen LogP contribution in [-0.4, -0.2) is 18.1 Å². The second kappa shape index (κ2) is 12.2. The molecule has 1 aromatic carbocycles. The number of unbranched alkanes of at least 4 members (excludes halogenated alkanes) is 7. The van der Waals surface area contributed by atoms with E-state index in [-0.39, 0.29) is 12.4 Å². The number of nitrogens with one attached hydrogen (secondary N) is 1. The lowest BCUT2D eigenvalue weighted by atomic mass is 10.0. The summed E-state index contributed by atoms with van der Waals surface area (Å²) in [5.74, 6) is 0. The Balaban J connectivity index is 0.00000288. The van der Waals surface area contributed by atoms with Crippen LogP contribution in [0.3, 0.4) is 0 Å². The first-order chi connectivity index (χ1) is 11.3. The number of aryl methyl sites for hydroxylation is 1. The standard InChI is InChI=1S/C19H31N3O.ClH/c1-2-3-4-5-6-7-8-9-11-16-12-10-13-17-18(16)22-19(23-17)21-15-14-20;/h10,12-13H,2-9,11,14-15,20H2,1H3,(H,21,22);1H. The number of oxazole rings is 1. The maximum absolute atomic E-state index is 5.72. The third kappa shape index (κ3) is 6.70. The van der Waals surface area contributed by atoms with Crippen LogP contribution < -0.4 is 11.1 Å². The minimum absolute atomic E-state index is 0. The number of anilines is 1. The maximum atomic E-state index is 5.72. The van der Waals surface area contributed by atoms with Crippen LogP contribution in [0.25, 0.3) is 11.1 Å². The van der Waals surface area contributed by atoms with Crippen molar-refractivity contribution < 1.29 is 4.42 Å². The van der Waals surface area contributed by atoms with E-state index >= 15 is 0 Å². The van der Waals surface area contributed by atoms with Gasteiger partial charge in [0.15, 0.2) is 5.58 Å². The summed E-state index contributed by atoms with van der Waals surface area (Å²) < 4.78 is 5.72. The van der Waals surface area contributed by atoms with Gasteiger partial charge in [0.25, 0.3) is 6.01 Å². The summed E-state index contributed by atoms with van der Waals surface area (Å²) >= 11 is 0. The van der Waals surface area contributed by atoms with Gasteiger partial charge in [-0.3, -0.25) is 0 Å². The highest BCUT2D eigenvalue weighted by Crippen LogP contribution is 2.23. The third-order valence-electron chi connectivity index (χ3n) is 4.22. The molecule has 0 aliphatic rings. The summed E-state index contributed by atoms with van der Waals surface area (Å²) in [6, 6.07) is 6.78. The lowest BCUT2D eigenvalue weighted by molar-refractivity contribution is 0.576. The minimum atomic E-state index is 0. The van der Waals surface area contributed by atoms with E-state index in [1.165, 1.54) is 56.9 Å². The van der Waals surface area contributed by atoms with E-state index in [4.69, 9.17) is 10.2 Å². The molecule has 0 bridgehead atoms. The molecule has 0 spiro atoms. The number of nitrogens with two attached hydrogens (primary N) is 1. The Hall–Kier alpha value is -1.26. The highest BCUT2D eigenvalue weighted by molar-refractivity contribution is 5.85. The number of nitrogens with zero attached hydrogens (tertiary/aromatic N) is 1. The molecule has 0 aliphatic heterocycles. The fraction of sp³-hybridized carbons (Fsp3) is 0.632. The predicted molar refractivity (Wildman–Crippen MR) is 105 cm³/mol. The van der Waals surface area contributed by atoms with Gasteiger partial charge in [-0.15, -0.1) is 12.4 Å². The van der Waals surface area contributed by atoms with Gasteiger partial charge in [0.1, 0.15) is 5.52 Å². The van der Waals surface area contributed by atoms with E-state index in [0.29, 0.717) is 19.1 Å². The third-order valence-corrected chi connectivity index (χ3v) is 4.22. The van der Waals surface area contributed by atoms with Gasteiger partial charge in [0.05, 0.1) is 0 Å². The number of para-hydroxylation sites is 1. The Bertz CT molecular complexity index is 571. The van der Waals surface area contributed by atoms with Crippen LogP contribution in [0.4, 0.5) is 6.01 Å². The van der Waals surface area contributed by atoms with Crippen LogP contribution in [0.5, 0.6) is 0 Å². The van der Waals surface area contributed by atoms with E-state index in [0.717, 1.165) is 17.5 Å². The maximum Gasteiger partial charge on any atom is 0.295 e. The summed E-state index contributed by atoms with van der Waals surface area (Å²) in [6.07, 6.45) is 11.8. The molecular weight excluding hydrogens is 322 g/mol. The molecule has 0 atom stereocenters. The van der Waals surface area contributed by atoms with E-state index in [9.17, 15) is 0 Å². The summed E-state index contributed by atoms with van der Waals surface area (Å²) in [5.41, 5.74) is 8.65. The minimum Gasteiger partial charge on any atom is -0.424 e. The molecule has 0 amide bonds. The first kappa shape index (κ1) is 20.8. The number of hydrogen-bond acceptors (Lipinski definition) is 4. The summed E-state index contributed by atoms with van der Waals surface area (Å²) in [5, 5.41) is 3.11. The van der Waals surface area contributed by atoms with Crippen LogP contribution in [0, 0.1) is 0 Å². The van der Waals surface area contributed by atoms with Crippen LogP contribution in [0.15, 0.2) is 22.6 Å². The molecule has 5 heteroatoms. The first-order valence-corrected chi connectivity index (χ1v) is 9.17. The Morgan fingerprint density at radius 3 is 2.46 bits per heavy atom. The highest BCUT2D eigenvalue weighted by atomic mass is 35.5. The molecule has 2 aromatic rings. The fourth-order valence-electron chi connectivity index (χ4n) is 2.91. The smallest absolute Gasteiger partial charge is 0.295 e. The first-order valence-electron chi connectivity index (χ1n) is 9.17. The molecule has 24 heavy (non-hydrogen) atoms. The fourth-order valence-corrected chi connectivity index (χ4v) is 2.91. The average molecular weight is 354 g/mol. The molecule has 0 saturated heterocycles. The Morgan fingerprint density at radius 1 is 1.04 bits per heavy atom. The molecule has 1 heterocycles. The highest BCUT2D eigenvalue weighted by Gasteiger charge is 2.09. The lowest BCUT2D eigenvalue weighted by Crippen LogP contribution is -2.13. The van der Waals surface area contributed by atoms with Crippen LogP contribution in [-0.2, 0) is 6.42 Å². The second-order valence-corrected chi connectivity index (χ2v) is 6.22. The summed E-state index contributed by atoms with van der Waals surface area (Å²) in [6.45, 7) is 3.52. The number of benzene rings is 1. The van der Waals surface area contributed by atoms with Crippen molar-refractivity contribution in [2.45, 2.75) is 64.7 Å². The summed E-state index contributed by atoms with van der Waals surface area (Å²) in [7, 11) is 0. The Morgan fingerprint density at radius 2 is 1.75 bits per heavy atom. The van der Waals surface area contributed by atoms with Gasteiger partial charge in [0, 0.05) is 13.1 Å². The van der Waals surface area contributed by atoms with E-state index < -0.39 is 0 Å². The zero-order valence-corrected chi connectivity index (χ0v) is 15.7. The quantitative estimate of drug-likeness (QED) is 0.508. The molecule has 3 N–H and O–H groups in total. The molecule has 0 fully saturated rings. The molecule has 2 rings (SSSR count). The number of hydrogen-bond donors (Lipinski definition) is 2. The van der Waals surface area contributed by atoms with Gasteiger partial charge in [-0.1, -0.05) is 64.0 Å². The molecule has 0 unspecified atom stereocenters. The Labute approximate surface area is 152 Å². The molecule has 0 saturated carbocycles. The SMILES string of the molecule is CCCCCCCCCCc1cccc2oc(NCCN)nc12.Cl. The van der Waals surface area contributed by atoms with Gasteiger partial charge < -0.3 is 15.5 Å². The topological polar surface area (TPSA) is 64.1 Å². The molecule has 136 valence electrons. The molecule has 0 aliphatic carbocycles. The van der Waals surface area contributed by atoms with Crippen LogP contribution in [0.2, 0.25) is 0 Å². The molecular formula is C19H32ClN3O. The zero-order valence-electron chi connectivity index (χ0n) is 14.9. The predicted octanol–water partition coefficient (Wildman–Crippen LogP) is 5.30. The number of aromatic nitrogens is 1. The molecule has 4 nitrogen and oxygen atoms in total. The van der Waals surface area contributed by atoms with Gasteiger partial charge in [-0.2, -0.15) is 4.98 Å². The van der Waals surface area contributed by atoms with E-state index in [1.807, 2.05) is 6.07 Å². The van der Waals surface area contributed by atoms with Crippen molar-refractivity contribution in [1.29, 1.82) is 0 Å². The van der Waals surface area contributed by atoms with Gasteiger partial charge >= 0.3 is 0 Å². The molecule has 1 aromatic heterocycles. The van der Waals surface area contributed by atoms with E-state index in [2.05, 4.69) is 29.4 Å².